The molecule has 1 aromatic rings. The highest BCUT2D eigenvalue weighted by Gasteiger charge is 2.07. The second-order valence-electron chi connectivity index (χ2n) is 3.27. The van der Waals surface area contributed by atoms with Gasteiger partial charge in [-0.25, -0.2) is 4.39 Å². The molecule has 0 bridgehead atoms. The van der Waals surface area contributed by atoms with Gasteiger partial charge in [-0.1, -0.05) is 24.3 Å². The van der Waals surface area contributed by atoms with Crippen molar-refractivity contribution in [2.24, 2.45) is 0 Å². The van der Waals surface area contributed by atoms with Gasteiger partial charge in [0.2, 0.25) is 0 Å². The smallest absolute Gasteiger partial charge is 0.123 e. The Morgan fingerprint density at radius 3 is 2.08 bits per heavy atom. The van der Waals surface area contributed by atoms with E-state index < -0.39 is 0 Å². The highest BCUT2D eigenvalue weighted by atomic mass is 19.1. The Balaban J connectivity index is 2.14. The third-order valence-electron chi connectivity index (χ3n) is 2.49. The standard InChI is InChI=1S/C12H7F/c13-10-4-1-8(2-5-10)12-7-9-3-6-11(9)12/h1-7H. The molecular formula is C12H7F. The predicted octanol–water partition coefficient (Wildman–Crippen LogP) is 3.09. The van der Waals surface area contributed by atoms with Gasteiger partial charge in [-0.3, -0.25) is 0 Å². The fourth-order valence-electron chi connectivity index (χ4n) is 1.66. The van der Waals surface area contributed by atoms with Gasteiger partial charge in [0.05, 0.1) is 0 Å². The highest BCUT2D eigenvalue weighted by Crippen LogP contribution is 2.27. The van der Waals surface area contributed by atoms with Crippen molar-refractivity contribution in [2.45, 2.75) is 0 Å². The molecule has 13 heavy (non-hydrogen) atoms. The molecule has 2 aliphatic carbocycles. The van der Waals surface area contributed by atoms with E-state index >= 15 is 0 Å². The highest BCUT2D eigenvalue weighted by molar-refractivity contribution is 5.68. The number of rotatable bonds is 1. The van der Waals surface area contributed by atoms with Crippen LogP contribution >= 0.6 is 0 Å². The van der Waals surface area contributed by atoms with Gasteiger partial charge >= 0.3 is 0 Å². The van der Waals surface area contributed by atoms with Gasteiger partial charge in [-0.2, -0.15) is 0 Å². The van der Waals surface area contributed by atoms with E-state index in [1.165, 1.54) is 28.1 Å². The van der Waals surface area contributed by atoms with Crippen LogP contribution in [0.5, 0.6) is 0 Å². The first kappa shape index (κ1) is 6.84. The minimum Gasteiger partial charge on any atom is -0.207 e. The van der Waals surface area contributed by atoms with Crippen LogP contribution in [-0.2, 0) is 0 Å². The van der Waals surface area contributed by atoms with Crippen molar-refractivity contribution in [3.05, 3.63) is 58.7 Å². The molecule has 0 unspecified atom stereocenters. The lowest BCUT2D eigenvalue weighted by molar-refractivity contribution is 0.628. The van der Waals surface area contributed by atoms with Crippen LogP contribution in [0.2, 0.25) is 0 Å². The van der Waals surface area contributed by atoms with Crippen LogP contribution in [0.15, 0.2) is 42.5 Å². The molecule has 0 atom stereocenters. The fourth-order valence-corrected chi connectivity index (χ4v) is 1.66. The summed E-state index contributed by atoms with van der Waals surface area (Å²) in [6, 6.07) is 12.9. The third kappa shape index (κ3) is 0.842. The first-order valence-corrected chi connectivity index (χ1v) is 4.25. The molecule has 0 aromatic heterocycles. The van der Waals surface area contributed by atoms with Crippen molar-refractivity contribution in [1.29, 1.82) is 0 Å². The third-order valence-corrected chi connectivity index (χ3v) is 2.49. The van der Waals surface area contributed by atoms with Crippen molar-refractivity contribution in [3.63, 3.8) is 0 Å². The zero-order chi connectivity index (χ0) is 8.84. The summed E-state index contributed by atoms with van der Waals surface area (Å²) in [7, 11) is 0. The normalized spacial score (nSPS) is 11.5. The van der Waals surface area contributed by atoms with Gasteiger partial charge in [0.15, 0.2) is 0 Å². The Morgan fingerprint density at radius 2 is 1.62 bits per heavy atom. The maximum Gasteiger partial charge on any atom is 0.123 e. The van der Waals surface area contributed by atoms with E-state index in [0.29, 0.717) is 0 Å². The van der Waals surface area contributed by atoms with Crippen molar-refractivity contribution >= 4 is 0 Å². The summed E-state index contributed by atoms with van der Waals surface area (Å²) in [5.41, 5.74) is 2.34. The Kier molecular flexibility index (Phi) is 1.15. The van der Waals surface area contributed by atoms with Gasteiger partial charge in [0, 0.05) is 0 Å². The summed E-state index contributed by atoms with van der Waals surface area (Å²) in [5, 5.41) is 2.63. The predicted molar refractivity (Wildman–Crippen MR) is 49.5 cm³/mol. The lowest BCUT2D eigenvalue weighted by atomic mass is 9.93. The van der Waals surface area contributed by atoms with Crippen LogP contribution in [-0.4, -0.2) is 0 Å². The molecule has 0 heterocycles. The van der Waals surface area contributed by atoms with Crippen LogP contribution in [0.1, 0.15) is 0 Å². The Labute approximate surface area is 75.0 Å². The molecule has 2 aliphatic rings. The van der Waals surface area contributed by atoms with Crippen molar-refractivity contribution in [2.75, 3.05) is 0 Å². The number of benzene rings is 2. The molecule has 0 radical (unpaired) electrons. The largest absolute Gasteiger partial charge is 0.207 e. The van der Waals surface area contributed by atoms with E-state index in [1.54, 1.807) is 0 Å². The number of halogens is 1. The summed E-state index contributed by atoms with van der Waals surface area (Å²) in [6.45, 7) is 0. The molecule has 0 saturated carbocycles. The van der Waals surface area contributed by atoms with Crippen LogP contribution in [0.25, 0.3) is 11.1 Å². The van der Waals surface area contributed by atoms with E-state index in [0.717, 1.165) is 5.56 Å². The van der Waals surface area contributed by atoms with Crippen LogP contribution in [0.3, 0.4) is 0 Å². The van der Waals surface area contributed by atoms with Gasteiger partial charge in [0.1, 0.15) is 5.82 Å². The quantitative estimate of drug-likeness (QED) is 0.526. The van der Waals surface area contributed by atoms with Crippen LogP contribution < -0.4 is 0 Å². The molecule has 1 heteroatoms. The summed E-state index contributed by atoms with van der Waals surface area (Å²) in [4.78, 5) is 0. The number of hydrogen-bond donors (Lipinski definition) is 0. The first-order valence-electron chi connectivity index (χ1n) is 4.25. The van der Waals surface area contributed by atoms with Crippen LogP contribution in [0, 0.1) is 16.3 Å². The second-order valence-corrected chi connectivity index (χ2v) is 3.27. The molecule has 0 spiro atoms. The SMILES string of the molecule is Fc1ccc(-c2cc3ccc2=3)cc1. The summed E-state index contributed by atoms with van der Waals surface area (Å²) in [5.74, 6) is -0.179. The zero-order valence-electron chi connectivity index (χ0n) is 6.92. The van der Waals surface area contributed by atoms with Crippen LogP contribution in [0.4, 0.5) is 4.39 Å². The van der Waals surface area contributed by atoms with E-state index in [-0.39, 0.29) is 5.82 Å². The minimum absolute atomic E-state index is 0.179. The lowest BCUT2D eigenvalue weighted by Crippen LogP contribution is -1.91. The monoisotopic (exact) mass is 170 g/mol. The molecule has 0 amide bonds. The van der Waals surface area contributed by atoms with Gasteiger partial charge < -0.3 is 0 Å². The second kappa shape index (κ2) is 2.19. The molecule has 0 saturated heterocycles. The summed E-state index contributed by atoms with van der Waals surface area (Å²) >= 11 is 0. The lowest BCUT2D eigenvalue weighted by Gasteiger charge is -2.11. The molecule has 0 N–H and O–H groups in total. The van der Waals surface area contributed by atoms with Crippen molar-refractivity contribution in [3.8, 4) is 11.1 Å². The maximum absolute atomic E-state index is 12.6. The molecule has 0 fully saturated rings. The Hall–Kier alpha value is -1.63. The van der Waals surface area contributed by atoms with Crippen molar-refractivity contribution in [1.82, 2.24) is 0 Å². The number of hydrogen-bond acceptors (Lipinski definition) is 0. The van der Waals surface area contributed by atoms with E-state index in [9.17, 15) is 4.39 Å². The molecule has 0 aliphatic heterocycles. The summed E-state index contributed by atoms with van der Waals surface area (Å²) < 4.78 is 12.6. The molecule has 3 rings (SSSR count). The molecule has 62 valence electrons. The van der Waals surface area contributed by atoms with Gasteiger partial charge in [-0.05, 0) is 39.8 Å². The van der Waals surface area contributed by atoms with E-state index in [4.69, 9.17) is 0 Å². The summed E-state index contributed by atoms with van der Waals surface area (Å²) in [6.07, 6.45) is 0. The van der Waals surface area contributed by atoms with E-state index in [2.05, 4.69) is 18.2 Å². The maximum atomic E-state index is 12.6. The molecular weight excluding hydrogens is 163 g/mol. The Bertz CT molecular complexity index is 553. The van der Waals surface area contributed by atoms with Gasteiger partial charge in [0.25, 0.3) is 0 Å². The fraction of sp³-hybridized carbons (Fsp3) is 0. The molecule has 1 aromatic carbocycles. The van der Waals surface area contributed by atoms with E-state index in [1.807, 2.05) is 12.1 Å². The zero-order valence-corrected chi connectivity index (χ0v) is 6.92. The molecule has 0 nitrogen and oxygen atoms in total. The van der Waals surface area contributed by atoms with Gasteiger partial charge in [-0.15, -0.1) is 0 Å². The average molecular weight is 170 g/mol. The average Bonchev–Trinajstić information content (AvgIpc) is 2.12. The van der Waals surface area contributed by atoms with Crippen molar-refractivity contribution < 1.29 is 4.39 Å². The minimum atomic E-state index is -0.179. The first-order chi connectivity index (χ1) is 6.34. The topological polar surface area (TPSA) is 0 Å². The Morgan fingerprint density at radius 1 is 0.846 bits per heavy atom.